The van der Waals surface area contributed by atoms with Crippen LogP contribution < -0.4 is 5.32 Å². The van der Waals surface area contributed by atoms with Crippen molar-refractivity contribution in [1.29, 1.82) is 0 Å². The van der Waals surface area contributed by atoms with Crippen LogP contribution in [0.2, 0.25) is 0 Å². The van der Waals surface area contributed by atoms with Gasteiger partial charge in [-0.25, -0.2) is 0 Å². The van der Waals surface area contributed by atoms with Crippen molar-refractivity contribution in [2.45, 2.75) is 45.8 Å². The first kappa shape index (κ1) is 10.6. The van der Waals surface area contributed by atoms with Gasteiger partial charge in [0.15, 0.2) is 0 Å². The smallest absolute Gasteiger partial charge is 0.0964 e. The molecule has 1 N–H and O–H groups in total. The summed E-state index contributed by atoms with van der Waals surface area (Å²) in [6.07, 6.45) is 2.54. The second kappa shape index (κ2) is 4.66. The van der Waals surface area contributed by atoms with Gasteiger partial charge in [-0.05, 0) is 25.7 Å². The zero-order chi connectivity index (χ0) is 9.84. The first-order chi connectivity index (χ1) is 6.11. The Labute approximate surface area is 81.4 Å². The summed E-state index contributed by atoms with van der Waals surface area (Å²) in [6, 6.07) is 0.483. The maximum absolute atomic E-state index is 5.53. The van der Waals surface area contributed by atoms with Crippen LogP contribution in [0.3, 0.4) is 0 Å². The van der Waals surface area contributed by atoms with Crippen molar-refractivity contribution >= 4 is 0 Å². The molecule has 76 valence electrons. The molecule has 1 fully saturated rings. The Hall–Kier alpha value is -0.500. The van der Waals surface area contributed by atoms with Gasteiger partial charge in [0.1, 0.15) is 0 Å². The van der Waals surface area contributed by atoms with Crippen LogP contribution in [-0.2, 0) is 4.74 Å². The fourth-order valence-corrected chi connectivity index (χ4v) is 1.40. The molecule has 1 unspecified atom stereocenters. The van der Waals surface area contributed by atoms with Crippen LogP contribution in [0.1, 0.15) is 33.6 Å². The molecule has 1 rings (SSSR count). The topological polar surface area (TPSA) is 21.3 Å². The Morgan fingerprint density at radius 3 is 2.62 bits per heavy atom. The zero-order valence-corrected chi connectivity index (χ0v) is 8.97. The Kier molecular flexibility index (Phi) is 3.79. The van der Waals surface area contributed by atoms with Crippen molar-refractivity contribution in [1.82, 2.24) is 5.32 Å². The van der Waals surface area contributed by atoms with Crippen molar-refractivity contribution in [2.75, 3.05) is 6.61 Å². The van der Waals surface area contributed by atoms with Crippen LogP contribution in [0, 0.1) is 5.92 Å². The monoisotopic (exact) mass is 183 g/mol. The predicted octanol–water partition coefficient (Wildman–Crippen LogP) is 2.31. The molecular weight excluding hydrogens is 162 g/mol. The van der Waals surface area contributed by atoms with Gasteiger partial charge in [-0.1, -0.05) is 20.4 Å². The van der Waals surface area contributed by atoms with E-state index in [0.717, 1.165) is 18.7 Å². The molecule has 1 heterocycles. The maximum atomic E-state index is 5.53. The van der Waals surface area contributed by atoms with Gasteiger partial charge in [-0.15, -0.1) is 0 Å². The normalized spacial score (nSPS) is 24.8. The Morgan fingerprint density at radius 1 is 1.46 bits per heavy atom. The molecule has 0 saturated carbocycles. The van der Waals surface area contributed by atoms with E-state index in [1.807, 2.05) is 0 Å². The highest BCUT2D eigenvalue weighted by molar-refractivity contribution is 5.02. The lowest BCUT2D eigenvalue weighted by molar-refractivity contribution is 0.129. The predicted molar refractivity (Wildman–Crippen MR) is 55.5 cm³/mol. The van der Waals surface area contributed by atoms with Gasteiger partial charge in [0.05, 0.1) is 6.10 Å². The third-order valence-corrected chi connectivity index (χ3v) is 2.73. The molecule has 13 heavy (non-hydrogen) atoms. The average Bonchev–Trinajstić information content (AvgIpc) is 2.55. The highest BCUT2D eigenvalue weighted by Crippen LogP contribution is 2.18. The summed E-state index contributed by atoms with van der Waals surface area (Å²) in [5.41, 5.74) is 1.05. The molecule has 1 aliphatic rings. The van der Waals surface area contributed by atoms with Gasteiger partial charge in [0.2, 0.25) is 0 Å². The summed E-state index contributed by atoms with van der Waals surface area (Å²) in [6.45, 7) is 11.5. The summed E-state index contributed by atoms with van der Waals surface area (Å²) in [7, 11) is 0. The van der Waals surface area contributed by atoms with Crippen LogP contribution in [-0.4, -0.2) is 18.8 Å². The molecule has 2 atom stereocenters. The van der Waals surface area contributed by atoms with Crippen LogP contribution in [0.5, 0.6) is 0 Å². The third kappa shape index (κ3) is 3.03. The number of rotatable bonds is 4. The van der Waals surface area contributed by atoms with Gasteiger partial charge in [-0.3, -0.25) is 0 Å². The van der Waals surface area contributed by atoms with E-state index >= 15 is 0 Å². The van der Waals surface area contributed by atoms with Crippen LogP contribution >= 0.6 is 0 Å². The average molecular weight is 183 g/mol. The SMILES string of the molecule is C=C(NC(C)C(C)C)[C@H]1CCCO1. The number of hydrogen-bond acceptors (Lipinski definition) is 2. The Bertz CT molecular complexity index is 171. The van der Waals surface area contributed by atoms with E-state index in [1.54, 1.807) is 0 Å². The van der Waals surface area contributed by atoms with E-state index in [1.165, 1.54) is 6.42 Å². The van der Waals surface area contributed by atoms with E-state index in [0.29, 0.717) is 12.0 Å². The summed E-state index contributed by atoms with van der Waals surface area (Å²) < 4.78 is 5.53. The molecule has 0 radical (unpaired) electrons. The first-order valence-corrected chi connectivity index (χ1v) is 5.18. The molecule has 0 bridgehead atoms. The summed E-state index contributed by atoms with van der Waals surface area (Å²) in [5, 5.41) is 3.40. The molecule has 1 aliphatic heterocycles. The van der Waals surface area contributed by atoms with Gasteiger partial charge < -0.3 is 10.1 Å². The minimum atomic E-state index is 0.251. The quantitative estimate of drug-likeness (QED) is 0.722. The molecule has 0 aliphatic carbocycles. The van der Waals surface area contributed by atoms with Gasteiger partial charge >= 0.3 is 0 Å². The second-order valence-electron chi connectivity index (χ2n) is 4.20. The lowest BCUT2D eigenvalue weighted by Crippen LogP contribution is -2.34. The highest BCUT2D eigenvalue weighted by Gasteiger charge is 2.20. The fourth-order valence-electron chi connectivity index (χ4n) is 1.40. The Morgan fingerprint density at radius 2 is 2.15 bits per heavy atom. The molecule has 2 heteroatoms. The van der Waals surface area contributed by atoms with E-state index in [4.69, 9.17) is 4.74 Å². The van der Waals surface area contributed by atoms with Crippen LogP contribution in [0.25, 0.3) is 0 Å². The van der Waals surface area contributed by atoms with Crippen molar-refractivity contribution in [3.8, 4) is 0 Å². The molecule has 2 nitrogen and oxygen atoms in total. The second-order valence-corrected chi connectivity index (χ2v) is 4.20. The highest BCUT2D eigenvalue weighted by atomic mass is 16.5. The molecule has 0 spiro atoms. The van der Waals surface area contributed by atoms with Crippen molar-refractivity contribution in [2.24, 2.45) is 5.92 Å². The van der Waals surface area contributed by atoms with Crippen molar-refractivity contribution in [3.05, 3.63) is 12.3 Å². The molecule has 1 saturated heterocycles. The molecule has 0 aromatic heterocycles. The standard InChI is InChI=1S/C11H21NO/c1-8(2)9(3)12-10(4)11-6-5-7-13-11/h8-9,11-12H,4-7H2,1-3H3/t9?,11-/m1/s1. The van der Waals surface area contributed by atoms with Crippen LogP contribution in [0.4, 0.5) is 0 Å². The minimum Gasteiger partial charge on any atom is -0.384 e. The van der Waals surface area contributed by atoms with Gasteiger partial charge in [0, 0.05) is 18.3 Å². The van der Waals surface area contributed by atoms with E-state index in [9.17, 15) is 0 Å². The van der Waals surface area contributed by atoms with E-state index < -0.39 is 0 Å². The lowest BCUT2D eigenvalue weighted by atomic mass is 10.1. The molecule has 0 aromatic carbocycles. The van der Waals surface area contributed by atoms with Gasteiger partial charge in [0.25, 0.3) is 0 Å². The van der Waals surface area contributed by atoms with Crippen LogP contribution in [0.15, 0.2) is 12.3 Å². The minimum absolute atomic E-state index is 0.251. The first-order valence-electron chi connectivity index (χ1n) is 5.18. The van der Waals surface area contributed by atoms with E-state index in [-0.39, 0.29) is 6.10 Å². The number of nitrogens with one attached hydrogen (secondary N) is 1. The molecule has 0 amide bonds. The van der Waals surface area contributed by atoms with Gasteiger partial charge in [-0.2, -0.15) is 0 Å². The molecular formula is C11H21NO. The summed E-state index contributed by atoms with van der Waals surface area (Å²) in [5.74, 6) is 0.637. The third-order valence-electron chi connectivity index (χ3n) is 2.73. The lowest BCUT2D eigenvalue weighted by Gasteiger charge is -2.23. The zero-order valence-electron chi connectivity index (χ0n) is 8.97. The maximum Gasteiger partial charge on any atom is 0.0964 e. The Balaban J connectivity index is 2.31. The number of ether oxygens (including phenoxy) is 1. The summed E-state index contributed by atoms with van der Waals surface area (Å²) in [4.78, 5) is 0. The largest absolute Gasteiger partial charge is 0.384 e. The van der Waals surface area contributed by atoms with E-state index in [2.05, 4.69) is 32.7 Å². The van der Waals surface area contributed by atoms with Crippen molar-refractivity contribution < 1.29 is 4.74 Å². The molecule has 0 aromatic rings. The van der Waals surface area contributed by atoms with Crippen molar-refractivity contribution in [3.63, 3.8) is 0 Å². The summed E-state index contributed by atoms with van der Waals surface area (Å²) >= 11 is 0. The fraction of sp³-hybridized carbons (Fsp3) is 0.818. The number of hydrogen-bond donors (Lipinski definition) is 1.